The van der Waals surface area contributed by atoms with Crippen molar-refractivity contribution in [1.82, 2.24) is 15.0 Å². The number of amides is 1. The summed E-state index contributed by atoms with van der Waals surface area (Å²) in [4.78, 5) is 26.1. The van der Waals surface area contributed by atoms with E-state index in [1.807, 2.05) is 0 Å². The van der Waals surface area contributed by atoms with E-state index in [4.69, 9.17) is 5.11 Å². The molecule has 22 heavy (non-hydrogen) atoms. The fourth-order valence-corrected chi connectivity index (χ4v) is 3.09. The molecule has 0 saturated heterocycles. The number of carbonyl (C=O) groups excluding carboxylic acids is 1. The number of carbonyl (C=O) groups is 2. The summed E-state index contributed by atoms with van der Waals surface area (Å²) in [7, 11) is -4.00. The van der Waals surface area contributed by atoms with E-state index in [1.165, 1.54) is 32.2 Å². The van der Waals surface area contributed by atoms with Crippen LogP contribution in [-0.4, -0.2) is 47.7 Å². The second kappa shape index (κ2) is 7.07. The van der Waals surface area contributed by atoms with Crippen molar-refractivity contribution < 1.29 is 23.1 Å². The Bertz CT molecular complexity index is 640. The number of rotatable bonds is 7. The summed E-state index contributed by atoms with van der Waals surface area (Å²) in [6.45, 7) is 2.45. The third kappa shape index (κ3) is 5.28. The number of nitrogens with zero attached hydrogens (tertiary/aromatic N) is 1. The fraction of sp³-hybridized carbons (Fsp3) is 0.417. The van der Waals surface area contributed by atoms with Gasteiger partial charge in [0.05, 0.1) is 0 Å². The van der Waals surface area contributed by atoms with Crippen molar-refractivity contribution in [3.63, 3.8) is 0 Å². The van der Waals surface area contributed by atoms with Crippen LogP contribution in [0, 0.1) is 0 Å². The molecule has 3 N–H and O–H groups in total. The van der Waals surface area contributed by atoms with Gasteiger partial charge in [-0.05, 0) is 26.0 Å². The van der Waals surface area contributed by atoms with Gasteiger partial charge in [-0.25, -0.2) is 8.42 Å². The number of hydrogen-bond acceptors (Lipinski definition) is 6. The van der Waals surface area contributed by atoms with E-state index in [0.29, 0.717) is 0 Å². The molecule has 1 heterocycles. The van der Waals surface area contributed by atoms with Gasteiger partial charge in [-0.15, -0.1) is 0 Å². The van der Waals surface area contributed by atoms with Crippen molar-refractivity contribution in [2.75, 3.05) is 6.54 Å². The van der Waals surface area contributed by atoms with Gasteiger partial charge in [0.15, 0.2) is 0 Å². The predicted molar refractivity (Wildman–Crippen MR) is 82.1 cm³/mol. The molecular weight excluding hydrogens is 330 g/mol. The van der Waals surface area contributed by atoms with Crippen LogP contribution in [0.5, 0.6) is 0 Å². The van der Waals surface area contributed by atoms with Crippen LogP contribution in [0.3, 0.4) is 0 Å². The number of sulfonamides is 1. The first kappa shape index (κ1) is 18.4. The van der Waals surface area contributed by atoms with Crippen LogP contribution in [0.4, 0.5) is 0 Å². The Morgan fingerprint density at radius 2 is 2.09 bits per heavy atom. The third-order valence-corrected chi connectivity index (χ3v) is 4.27. The Balaban J connectivity index is 3.00. The molecule has 10 heteroatoms. The lowest BCUT2D eigenvalue weighted by molar-refractivity contribution is -0.138. The average molecular weight is 347 g/mol. The number of nitrogens with one attached hydrogen (secondary N) is 2. The maximum atomic E-state index is 12.3. The van der Waals surface area contributed by atoms with Gasteiger partial charge in [0, 0.05) is 17.1 Å². The van der Waals surface area contributed by atoms with E-state index in [9.17, 15) is 18.0 Å². The normalized spacial score (nSPS) is 13.4. The second-order valence-electron chi connectivity index (χ2n) is 5.01. The van der Waals surface area contributed by atoms with Gasteiger partial charge < -0.3 is 10.4 Å². The number of carboxylic acid groups (broad SMARTS) is 1. The number of carboxylic acids is 1. The maximum absolute atomic E-state index is 12.3. The van der Waals surface area contributed by atoms with Crippen molar-refractivity contribution in [3.05, 3.63) is 24.5 Å². The molecule has 0 aliphatic carbocycles. The third-order valence-electron chi connectivity index (χ3n) is 2.60. The Labute approximate surface area is 133 Å². The van der Waals surface area contributed by atoms with Crippen LogP contribution in [0.1, 0.15) is 13.8 Å². The van der Waals surface area contributed by atoms with E-state index < -0.39 is 39.2 Å². The quantitative estimate of drug-likeness (QED) is 0.499. The SMILES string of the molecule is CC(C)(S)[C@H](NS(=O)(=O)c1cccnc1)C(=O)NCC(=O)O. The monoisotopic (exact) mass is 347 g/mol. The predicted octanol–water partition coefficient (Wildman–Crippen LogP) is -0.362. The van der Waals surface area contributed by atoms with Crippen LogP contribution in [0.25, 0.3) is 0 Å². The molecule has 0 spiro atoms. The van der Waals surface area contributed by atoms with Crippen molar-refractivity contribution >= 4 is 34.5 Å². The number of aliphatic carboxylic acids is 1. The topological polar surface area (TPSA) is 125 Å². The lowest BCUT2D eigenvalue weighted by atomic mass is 10.0. The van der Waals surface area contributed by atoms with E-state index in [-0.39, 0.29) is 4.90 Å². The van der Waals surface area contributed by atoms with Crippen molar-refractivity contribution in [3.8, 4) is 0 Å². The Morgan fingerprint density at radius 1 is 1.45 bits per heavy atom. The maximum Gasteiger partial charge on any atom is 0.322 e. The van der Waals surface area contributed by atoms with E-state index >= 15 is 0 Å². The number of hydrogen-bond donors (Lipinski definition) is 4. The van der Waals surface area contributed by atoms with Gasteiger partial charge in [-0.3, -0.25) is 14.6 Å². The molecule has 1 amide bonds. The van der Waals surface area contributed by atoms with Crippen LogP contribution in [-0.2, 0) is 19.6 Å². The van der Waals surface area contributed by atoms with Crippen LogP contribution in [0.2, 0.25) is 0 Å². The van der Waals surface area contributed by atoms with Gasteiger partial charge in [0.25, 0.3) is 0 Å². The molecule has 1 atom stereocenters. The fourth-order valence-electron chi connectivity index (χ4n) is 1.51. The van der Waals surface area contributed by atoms with Crippen molar-refractivity contribution in [2.45, 2.75) is 29.5 Å². The van der Waals surface area contributed by atoms with Gasteiger partial charge in [0.2, 0.25) is 15.9 Å². The molecule has 0 radical (unpaired) electrons. The lowest BCUT2D eigenvalue weighted by Crippen LogP contribution is -2.56. The van der Waals surface area contributed by atoms with Gasteiger partial charge in [-0.1, -0.05) is 0 Å². The molecule has 8 nitrogen and oxygen atoms in total. The van der Waals surface area contributed by atoms with E-state index in [1.54, 1.807) is 0 Å². The largest absolute Gasteiger partial charge is 0.480 e. The molecule has 0 aliphatic rings. The zero-order chi connectivity index (χ0) is 17.0. The van der Waals surface area contributed by atoms with E-state index in [2.05, 4.69) is 27.7 Å². The van der Waals surface area contributed by atoms with Gasteiger partial charge in [0.1, 0.15) is 17.5 Å². The second-order valence-corrected chi connectivity index (χ2v) is 7.87. The summed E-state index contributed by atoms with van der Waals surface area (Å²) < 4.78 is 25.7. The Hall–Kier alpha value is -1.65. The highest BCUT2D eigenvalue weighted by molar-refractivity contribution is 7.89. The standard InChI is InChI=1S/C12H17N3O5S2/c1-12(2,21)10(11(18)14-7-9(16)17)15-22(19,20)8-4-3-5-13-6-8/h3-6,10,15,21H,7H2,1-2H3,(H,14,18)(H,16,17)/t10-/m1/s1. The molecular formula is C12H17N3O5S2. The molecule has 0 aliphatic heterocycles. The molecule has 1 rings (SSSR count). The average Bonchev–Trinajstić information content (AvgIpc) is 2.42. The molecule has 1 aromatic heterocycles. The number of aromatic nitrogens is 1. The van der Waals surface area contributed by atoms with Crippen molar-refractivity contribution in [1.29, 1.82) is 0 Å². The van der Waals surface area contributed by atoms with Gasteiger partial charge >= 0.3 is 5.97 Å². The molecule has 0 unspecified atom stereocenters. The highest BCUT2D eigenvalue weighted by atomic mass is 32.2. The molecule has 0 bridgehead atoms. The number of thiol groups is 1. The smallest absolute Gasteiger partial charge is 0.322 e. The minimum Gasteiger partial charge on any atom is -0.480 e. The van der Waals surface area contributed by atoms with Crippen LogP contribution < -0.4 is 10.0 Å². The summed E-state index contributed by atoms with van der Waals surface area (Å²) in [5, 5.41) is 10.7. The lowest BCUT2D eigenvalue weighted by Gasteiger charge is -2.29. The molecule has 1 aromatic rings. The summed E-state index contributed by atoms with van der Waals surface area (Å²) >= 11 is 4.21. The highest BCUT2D eigenvalue weighted by Crippen LogP contribution is 2.20. The Morgan fingerprint density at radius 3 is 2.55 bits per heavy atom. The zero-order valence-electron chi connectivity index (χ0n) is 12.0. The van der Waals surface area contributed by atoms with E-state index in [0.717, 1.165) is 6.20 Å². The zero-order valence-corrected chi connectivity index (χ0v) is 13.7. The summed E-state index contributed by atoms with van der Waals surface area (Å²) in [6.07, 6.45) is 2.55. The summed E-state index contributed by atoms with van der Waals surface area (Å²) in [6, 6.07) is 1.51. The van der Waals surface area contributed by atoms with Crippen molar-refractivity contribution in [2.24, 2.45) is 0 Å². The van der Waals surface area contributed by atoms with Crippen LogP contribution >= 0.6 is 12.6 Å². The first-order valence-electron chi connectivity index (χ1n) is 6.18. The summed E-state index contributed by atoms with van der Waals surface area (Å²) in [5.74, 6) is -2.02. The minimum atomic E-state index is -4.00. The first-order valence-corrected chi connectivity index (χ1v) is 8.11. The molecule has 0 saturated carbocycles. The molecule has 0 fully saturated rings. The first-order chi connectivity index (χ1) is 10.0. The Kier molecular flexibility index (Phi) is 5.92. The number of pyridine rings is 1. The summed E-state index contributed by atoms with van der Waals surface area (Å²) in [5.41, 5.74) is 0. The molecule has 0 aromatic carbocycles. The minimum absolute atomic E-state index is 0.108. The van der Waals surface area contributed by atoms with Gasteiger partial charge in [-0.2, -0.15) is 17.4 Å². The molecule has 122 valence electrons. The van der Waals surface area contributed by atoms with Crippen LogP contribution in [0.15, 0.2) is 29.4 Å². The highest BCUT2D eigenvalue weighted by Gasteiger charge is 2.36.